The molecule has 2 aromatic heterocycles. The maximum absolute atomic E-state index is 5.88. The zero-order valence-electron chi connectivity index (χ0n) is 20.5. The number of morpholine rings is 1. The topological polar surface area (TPSA) is 64.3 Å². The van der Waals surface area contributed by atoms with Crippen LogP contribution in [0.15, 0.2) is 66.9 Å². The largest absolute Gasteiger partial charge is 0.379 e. The summed E-state index contributed by atoms with van der Waals surface area (Å²) in [5.41, 5.74) is 14.8. The molecule has 35 heavy (non-hydrogen) atoms. The van der Waals surface area contributed by atoms with E-state index in [0.717, 1.165) is 84.7 Å². The van der Waals surface area contributed by atoms with Crippen LogP contribution in [-0.2, 0) is 17.7 Å². The van der Waals surface area contributed by atoms with Crippen molar-refractivity contribution >= 4 is 10.9 Å². The maximum Gasteiger partial charge on any atom is 0.0790 e. The summed E-state index contributed by atoms with van der Waals surface area (Å²) in [5, 5.41) is 1.15. The number of nitrogens with two attached hydrogens (primary N) is 1. The molecule has 180 valence electrons. The van der Waals surface area contributed by atoms with Crippen LogP contribution >= 0.6 is 0 Å². The summed E-state index contributed by atoms with van der Waals surface area (Å²) in [5.74, 6) is 0. The average molecular weight is 467 g/mol. The zero-order chi connectivity index (χ0) is 24.0. The van der Waals surface area contributed by atoms with E-state index in [4.69, 9.17) is 20.4 Å². The molecular formula is C30H34N4O. The fraction of sp³-hybridized carbons (Fsp3) is 0.333. The van der Waals surface area contributed by atoms with E-state index in [0.29, 0.717) is 6.54 Å². The van der Waals surface area contributed by atoms with Crippen LogP contribution in [-0.4, -0.2) is 47.7 Å². The molecule has 0 saturated carbocycles. The molecule has 0 bridgehead atoms. The second-order valence-corrected chi connectivity index (χ2v) is 9.34. The van der Waals surface area contributed by atoms with Gasteiger partial charge in [-0.25, -0.2) is 4.98 Å². The van der Waals surface area contributed by atoms with Gasteiger partial charge in [-0.15, -0.1) is 0 Å². The third-order valence-electron chi connectivity index (χ3n) is 6.93. The van der Waals surface area contributed by atoms with Gasteiger partial charge >= 0.3 is 0 Å². The van der Waals surface area contributed by atoms with Crippen molar-refractivity contribution in [1.29, 1.82) is 0 Å². The summed E-state index contributed by atoms with van der Waals surface area (Å²) in [6, 6.07) is 21.3. The van der Waals surface area contributed by atoms with Crippen molar-refractivity contribution in [3.63, 3.8) is 0 Å². The first kappa shape index (κ1) is 23.6. The van der Waals surface area contributed by atoms with E-state index >= 15 is 0 Å². The van der Waals surface area contributed by atoms with Gasteiger partial charge < -0.3 is 10.5 Å². The molecule has 1 fully saturated rings. The third kappa shape index (κ3) is 5.43. The first-order valence-corrected chi connectivity index (χ1v) is 12.7. The summed E-state index contributed by atoms with van der Waals surface area (Å²) in [6.45, 7) is 7.62. The Hall–Kier alpha value is -3.12. The molecule has 0 spiro atoms. The highest BCUT2D eigenvalue weighted by Crippen LogP contribution is 2.36. The van der Waals surface area contributed by atoms with Crippen LogP contribution in [0.2, 0.25) is 0 Å². The SMILES string of the molecule is Cc1cc(CN)ccc1-c1nc2ccnc(CCCCN3CCOCC3)c2cc1-c1ccccc1. The quantitative estimate of drug-likeness (QED) is 0.353. The number of hydrogen-bond donors (Lipinski definition) is 1. The zero-order valence-corrected chi connectivity index (χ0v) is 20.5. The van der Waals surface area contributed by atoms with Crippen molar-refractivity contribution in [1.82, 2.24) is 14.9 Å². The molecule has 5 rings (SSSR count). The Morgan fingerprint density at radius 2 is 1.77 bits per heavy atom. The Morgan fingerprint density at radius 3 is 2.54 bits per heavy atom. The fourth-order valence-corrected chi connectivity index (χ4v) is 4.97. The number of benzene rings is 2. The molecule has 4 aromatic rings. The number of nitrogens with zero attached hydrogens (tertiary/aromatic N) is 3. The highest BCUT2D eigenvalue weighted by Gasteiger charge is 2.16. The van der Waals surface area contributed by atoms with Gasteiger partial charge in [-0.3, -0.25) is 9.88 Å². The van der Waals surface area contributed by atoms with E-state index in [1.54, 1.807) is 0 Å². The predicted octanol–water partition coefficient (Wildman–Crippen LogP) is 5.39. The molecule has 2 N–H and O–H groups in total. The van der Waals surface area contributed by atoms with Crippen LogP contribution in [0.3, 0.4) is 0 Å². The summed E-state index contributed by atoms with van der Waals surface area (Å²) in [6.07, 6.45) is 5.15. The van der Waals surface area contributed by atoms with Gasteiger partial charge in [-0.1, -0.05) is 48.5 Å². The molecule has 5 heteroatoms. The van der Waals surface area contributed by atoms with E-state index in [-0.39, 0.29) is 0 Å². The predicted molar refractivity (Wildman–Crippen MR) is 143 cm³/mol. The second kappa shape index (κ2) is 11.1. The van der Waals surface area contributed by atoms with Gasteiger partial charge in [-0.2, -0.15) is 0 Å². The van der Waals surface area contributed by atoms with Crippen LogP contribution in [0.25, 0.3) is 33.3 Å². The van der Waals surface area contributed by atoms with E-state index in [1.165, 1.54) is 17.5 Å². The summed E-state index contributed by atoms with van der Waals surface area (Å²) in [7, 11) is 0. The fourth-order valence-electron chi connectivity index (χ4n) is 4.97. The lowest BCUT2D eigenvalue weighted by molar-refractivity contribution is 0.0372. The highest BCUT2D eigenvalue weighted by molar-refractivity contribution is 5.93. The Morgan fingerprint density at radius 1 is 0.943 bits per heavy atom. The van der Waals surface area contributed by atoms with Gasteiger partial charge in [-0.05, 0) is 61.6 Å². The van der Waals surface area contributed by atoms with E-state index in [9.17, 15) is 0 Å². The maximum atomic E-state index is 5.88. The first-order valence-electron chi connectivity index (χ1n) is 12.7. The third-order valence-corrected chi connectivity index (χ3v) is 6.93. The van der Waals surface area contributed by atoms with Gasteiger partial charge in [0.15, 0.2) is 0 Å². The normalized spacial score (nSPS) is 14.5. The number of pyridine rings is 2. The lowest BCUT2D eigenvalue weighted by Crippen LogP contribution is -2.36. The van der Waals surface area contributed by atoms with Crippen LogP contribution in [0.5, 0.6) is 0 Å². The number of rotatable bonds is 8. The lowest BCUT2D eigenvalue weighted by Gasteiger charge is -2.26. The number of fused-ring (bicyclic) bond motifs is 1. The molecule has 1 aliphatic heterocycles. The number of aryl methyl sites for hydroxylation is 2. The molecule has 0 unspecified atom stereocenters. The van der Waals surface area contributed by atoms with Crippen LogP contribution in [0.1, 0.15) is 29.7 Å². The molecule has 2 aromatic carbocycles. The number of aromatic nitrogens is 2. The molecular weight excluding hydrogens is 432 g/mol. The van der Waals surface area contributed by atoms with E-state index in [1.807, 2.05) is 12.3 Å². The Kier molecular flexibility index (Phi) is 7.48. The van der Waals surface area contributed by atoms with Gasteiger partial charge in [0.1, 0.15) is 0 Å². The minimum atomic E-state index is 0.540. The van der Waals surface area contributed by atoms with Crippen molar-refractivity contribution in [3.8, 4) is 22.4 Å². The van der Waals surface area contributed by atoms with Crippen LogP contribution < -0.4 is 5.73 Å². The molecule has 3 heterocycles. The Bertz CT molecular complexity index is 1280. The van der Waals surface area contributed by atoms with Crippen molar-refractivity contribution in [2.75, 3.05) is 32.8 Å². The molecule has 0 radical (unpaired) electrons. The van der Waals surface area contributed by atoms with Gasteiger partial charge in [0.2, 0.25) is 0 Å². The first-order chi connectivity index (χ1) is 17.2. The second-order valence-electron chi connectivity index (χ2n) is 9.34. The van der Waals surface area contributed by atoms with E-state index < -0.39 is 0 Å². The smallest absolute Gasteiger partial charge is 0.0790 e. The molecule has 0 atom stereocenters. The molecule has 0 amide bonds. The monoisotopic (exact) mass is 466 g/mol. The van der Waals surface area contributed by atoms with Crippen molar-refractivity contribution < 1.29 is 4.74 Å². The van der Waals surface area contributed by atoms with Gasteiger partial charge in [0, 0.05) is 48.0 Å². The summed E-state index contributed by atoms with van der Waals surface area (Å²) in [4.78, 5) is 12.5. The number of unbranched alkanes of at least 4 members (excludes halogenated alkanes) is 1. The lowest BCUT2D eigenvalue weighted by atomic mass is 9.93. The molecule has 1 saturated heterocycles. The Balaban J connectivity index is 1.49. The molecule has 0 aliphatic carbocycles. The van der Waals surface area contributed by atoms with Crippen molar-refractivity contribution in [2.24, 2.45) is 5.73 Å². The average Bonchev–Trinajstić information content (AvgIpc) is 2.91. The summed E-state index contributed by atoms with van der Waals surface area (Å²) >= 11 is 0. The number of hydrogen-bond acceptors (Lipinski definition) is 5. The van der Waals surface area contributed by atoms with Gasteiger partial charge in [0.25, 0.3) is 0 Å². The molecule has 1 aliphatic rings. The Labute approximate surface area is 208 Å². The minimum Gasteiger partial charge on any atom is -0.379 e. The van der Waals surface area contributed by atoms with E-state index in [2.05, 4.69) is 66.4 Å². The van der Waals surface area contributed by atoms with Crippen LogP contribution in [0.4, 0.5) is 0 Å². The van der Waals surface area contributed by atoms with Crippen molar-refractivity contribution in [3.05, 3.63) is 83.7 Å². The minimum absolute atomic E-state index is 0.540. The van der Waals surface area contributed by atoms with Crippen molar-refractivity contribution in [2.45, 2.75) is 32.7 Å². The summed E-state index contributed by atoms with van der Waals surface area (Å²) < 4.78 is 5.47. The van der Waals surface area contributed by atoms with Gasteiger partial charge in [0.05, 0.1) is 24.4 Å². The molecule has 5 nitrogen and oxygen atoms in total. The highest BCUT2D eigenvalue weighted by atomic mass is 16.5. The number of ether oxygens (including phenoxy) is 1. The van der Waals surface area contributed by atoms with Crippen LogP contribution in [0, 0.1) is 6.92 Å². The standard InChI is InChI=1S/C30H34N4O/c1-22-19-23(21-31)10-11-25(22)30-26(24-7-3-2-4-8-24)20-27-28(32-13-12-29(27)33-30)9-5-6-14-34-15-17-35-18-16-34/h2-4,7-8,10-13,19-20H,5-6,9,14-18,21,31H2,1H3.